The summed E-state index contributed by atoms with van der Waals surface area (Å²) in [6.45, 7) is 2.33. The molecule has 0 saturated heterocycles. The third-order valence-electron chi connectivity index (χ3n) is 3.06. The number of nitrogens with zero attached hydrogens (tertiary/aromatic N) is 6. The van der Waals surface area contributed by atoms with E-state index in [0.717, 1.165) is 25.6 Å². The Balaban J connectivity index is 1.48. The van der Waals surface area contributed by atoms with Crippen LogP contribution in [-0.4, -0.2) is 49.5 Å². The van der Waals surface area contributed by atoms with Gasteiger partial charge in [-0.2, -0.15) is 24.7 Å². The van der Waals surface area contributed by atoms with Gasteiger partial charge in [0.15, 0.2) is 0 Å². The molecule has 0 amide bonds. The summed E-state index contributed by atoms with van der Waals surface area (Å²) in [7, 11) is 0. The lowest BCUT2D eigenvalue weighted by Gasteiger charge is -2.07. The van der Waals surface area contributed by atoms with Crippen LogP contribution in [-0.2, 0) is 4.74 Å². The van der Waals surface area contributed by atoms with Gasteiger partial charge in [-0.3, -0.25) is 0 Å². The second-order valence-corrected chi connectivity index (χ2v) is 4.96. The Kier molecular flexibility index (Phi) is 4.20. The van der Waals surface area contributed by atoms with Gasteiger partial charge in [0.05, 0.1) is 0 Å². The first kappa shape index (κ1) is 13.7. The van der Waals surface area contributed by atoms with E-state index in [1.54, 1.807) is 0 Å². The zero-order valence-corrected chi connectivity index (χ0v) is 11.6. The molecular weight excluding hydrogens is 272 g/mol. The van der Waals surface area contributed by atoms with E-state index >= 15 is 0 Å². The molecule has 2 heterocycles. The predicted molar refractivity (Wildman–Crippen MR) is 75.8 cm³/mol. The molecular formula is C12H18N8O. The molecule has 0 aromatic carbocycles. The largest absolute Gasteiger partial charge is 0.381 e. The summed E-state index contributed by atoms with van der Waals surface area (Å²) >= 11 is 0. The molecule has 2 aromatic rings. The molecule has 0 unspecified atom stereocenters. The van der Waals surface area contributed by atoms with Gasteiger partial charge in [-0.1, -0.05) is 0 Å². The lowest BCUT2D eigenvalue weighted by atomic mass is 10.4. The van der Waals surface area contributed by atoms with E-state index in [0.29, 0.717) is 18.4 Å². The minimum absolute atomic E-state index is 0.142. The van der Waals surface area contributed by atoms with E-state index < -0.39 is 0 Å². The minimum atomic E-state index is 0.142. The number of nitrogens with two attached hydrogens (primary N) is 1. The standard InChI is InChI=1S/C12H18N8O/c13-10-17-11(15-4-1-5-21-6-9-2-3-9)19-12(18-10)20-8-14-7-16-20/h7-9H,1-6H2,(H3,13,15,17,18,19). The van der Waals surface area contributed by atoms with Gasteiger partial charge >= 0.3 is 0 Å². The SMILES string of the molecule is Nc1nc(NCCCOCC2CC2)nc(-n2cncn2)n1. The molecule has 1 aliphatic rings. The van der Waals surface area contributed by atoms with Gasteiger partial charge in [0.1, 0.15) is 12.7 Å². The van der Waals surface area contributed by atoms with Crippen LogP contribution in [0.1, 0.15) is 19.3 Å². The lowest BCUT2D eigenvalue weighted by molar-refractivity contribution is 0.124. The van der Waals surface area contributed by atoms with E-state index in [-0.39, 0.29) is 5.95 Å². The minimum Gasteiger partial charge on any atom is -0.381 e. The molecule has 0 radical (unpaired) electrons. The average molecular weight is 290 g/mol. The topological polar surface area (TPSA) is 117 Å². The van der Waals surface area contributed by atoms with Crippen molar-refractivity contribution in [1.82, 2.24) is 29.7 Å². The first-order chi connectivity index (χ1) is 10.3. The van der Waals surface area contributed by atoms with Crippen molar-refractivity contribution in [2.45, 2.75) is 19.3 Å². The van der Waals surface area contributed by atoms with Gasteiger partial charge in [-0.25, -0.2) is 4.98 Å². The molecule has 21 heavy (non-hydrogen) atoms. The summed E-state index contributed by atoms with van der Waals surface area (Å²) in [5, 5.41) is 7.07. The fraction of sp³-hybridized carbons (Fsp3) is 0.583. The molecule has 2 aromatic heterocycles. The zero-order chi connectivity index (χ0) is 14.5. The van der Waals surface area contributed by atoms with Crippen molar-refractivity contribution in [3.05, 3.63) is 12.7 Å². The van der Waals surface area contributed by atoms with Crippen molar-refractivity contribution in [1.29, 1.82) is 0 Å². The molecule has 1 fully saturated rings. The van der Waals surface area contributed by atoms with Crippen molar-refractivity contribution in [2.75, 3.05) is 30.8 Å². The second-order valence-electron chi connectivity index (χ2n) is 4.96. The van der Waals surface area contributed by atoms with Crippen LogP contribution in [0.4, 0.5) is 11.9 Å². The van der Waals surface area contributed by atoms with Crippen LogP contribution >= 0.6 is 0 Å². The van der Waals surface area contributed by atoms with E-state index in [4.69, 9.17) is 10.5 Å². The number of aromatic nitrogens is 6. The van der Waals surface area contributed by atoms with E-state index in [1.165, 1.54) is 30.2 Å². The van der Waals surface area contributed by atoms with Gasteiger partial charge in [-0.15, -0.1) is 0 Å². The van der Waals surface area contributed by atoms with Crippen LogP contribution in [0.25, 0.3) is 5.95 Å². The predicted octanol–water partition coefficient (Wildman–Crippen LogP) is 0.263. The summed E-state index contributed by atoms with van der Waals surface area (Å²) in [6.07, 6.45) is 6.42. The molecule has 3 N–H and O–H groups in total. The number of hydrogen-bond donors (Lipinski definition) is 2. The maximum Gasteiger partial charge on any atom is 0.258 e. The Morgan fingerprint density at radius 3 is 3.00 bits per heavy atom. The van der Waals surface area contributed by atoms with Crippen LogP contribution in [0.5, 0.6) is 0 Å². The second kappa shape index (κ2) is 6.44. The van der Waals surface area contributed by atoms with Gasteiger partial charge in [0.25, 0.3) is 5.95 Å². The first-order valence-electron chi connectivity index (χ1n) is 6.99. The van der Waals surface area contributed by atoms with Gasteiger partial charge in [0, 0.05) is 19.8 Å². The van der Waals surface area contributed by atoms with Crippen LogP contribution in [0.2, 0.25) is 0 Å². The summed E-state index contributed by atoms with van der Waals surface area (Å²) < 4.78 is 6.99. The normalized spacial score (nSPS) is 14.3. The van der Waals surface area contributed by atoms with Crippen LogP contribution in [0.3, 0.4) is 0 Å². The highest BCUT2D eigenvalue weighted by Gasteiger charge is 2.20. The van der Waals surface area contributed by atoms with E-state index in [1.807, 2.05) is 0 Å². The highest BCUT2D eigenvalue weighted by molar-refractivity contribution is 5.34. The fourth-order valence-corrected chi connectivity index (χ4v) is 1.78. The fourth-order valence-electron chi connectivity index (χ4n) is 1.78. The number of nitrogens with one attached hydrogen (secondary N) is 1. The molecule has 0 spiro atoms. The van der Waals surface area contributed by atoms with Crippen molar-refractivity contribution in [3.8, 4) is 5.95 Å². The molecule has 0 bridgehead atoms. The molecule has 9 nitrogen and oxygen atoms in total. The number of anilines is 2. The summed E-state index contributed by atoms with van der Waals surface area (Å²) in [6, 6.07) is 0. The zero-order valence-electron chi connectivity index (χ0n) is 11.6. The maximum atomic E-state index is 5.67. The Bertz CT molecular complexity index is 569. The van der Waals surface area contributed by atoms with Crippen molar-refractivity contribution in [2.24, 2.45) is 5.92 Å². The average Bonchev–Trinajstić information content (AvgIpc) is 3.13. The van der Waals surface area contributed by atoms with Gasteiger partial charge in [0.2, 0.25) is 11.9 Å². The molecule has 0 aliphatic heterocycles. The van der Waals surface area contributed by atoms with Crippen molar-refractivity contribution < 1.29 is 4.74 Å². The van der Waals surface area contributed by atoms with Gasteiger partial charge < -0.3 is 15.8 Å². The highest BCUT2D eigenvalue weighted by Crippen LogP contribution is 2.28. The van der Waals surface area contributed by atoms with Gasteiger partial charge in [-0.05, 0) is 25.2 Å². The smallest absolute Gasteiger partial charge is 0.258 e. The molecule has 112 valence electrons. The van der Waals surface area contributed by atoms with Crippen LogP contribution in [0, 0.1) is 5.92 Å². The third-order valence-corrected chi connectivity index (χ3v) is 3.06. The molecule has 0 atom stereocenters. The van der Waals surface area contributed by atoms with E-state index in [2.05, 4.69) is 30.4 Å². The monoisotopic (exact) mass is 290 g/mol. The Labute approximate surface area is 122 Å². The first-order valence-corrected chi connectivity index (χ1v) is 6.99. The van der Waals surface area contributed by atoms with Crippen LogP contribution < -0.4 is 11.1 Å². The molecule has 1 aliphatic carbocycles. The van der Waals surface area contributed by atoms with E-state index in [9.17, 15) is 0 Å². The maximum absolute atomic E-state index is 5.67. The Morgan fingerprint density at radius 1 is 1.33 bits per heavy atom. The van der Waals surface area contributed by atoms with Crippen molar-refractivity contribution in [3.63, 3.8) is 0 Å². The summed E-state index contributed by atoms with van der Waals surface area (Å²) in [4.78, 5) is 16.1. The number of ether oxygens (including phenoxy) is 1. The summed E-state index contributed by atoms with van der Waals surface area (Å²) in [5.74, 6) is 1.71. The molecule has 9 heteroatoms. The van der Waals surface area contributed by atoms with Crippen molar-refractivity contribution >= 4 is 11.9 Å². The molecule has 1 saturated carbocycles. The quantitative estimate of drug-likeness (QED) is 0.665. The highest BCUT2D eigenvalue weighted by atomic mass is 16.5. The summed E-state index contributed by atoms with van der Waals surface area (Å²) in [5.41, 5.74) is 5.67. The number of rotatable bonds is 8. The lowest BCUT2D eigenvalue weighted by Crippen LogP contribution is -2.13. The Morgan fingerprint density at radius 2 is 2.24 bits per heavy atom. The molecule has 3 rings (SSSR count). The van der Waals surface area contributed by atoms with Crippen LogP contribution in [0.15, 0.2) is 12.7 Å². The Hall–Kier alpha value is -2.29. The number of nitrogen functional groups attached to an aromatic ring is 1. The third kappa shape index (κ3) is 4.09. The number of hydrogen-bond acceptors (Lipinski definition) is 8.